The van der Waals surface area contributed by atoms with Gasteiger partial charge in [-0.3, -0.25) is 14.6 Å². The number of hydrogen-bond donors (Lipinski definition) is 1. The lowest BCUT2D eigenvalue weighted by Gasteiger charge is -2.32. The summed E-state index contributed by atoms with van der Waals surface area (Å²) in [5.74, 6) is 0.414. The number of hydrogen-bond acceptors (Lipinski definition) is 3. The first kappa shape index (κ1) is 18.1. The van der Waals surface area contributed by atoms with E-state index in [9.17, 15) is 9.59 Å². The molecule has 0 radical (unpaired) electrons. The minimum absolute atomic E-state index is 0.0910. The summed E-state index contributed by atoms with van der Waals surface area (Å²) in [5, 5.41) is 2.98. The third-order valence-electron chi connectivity index (χ3n) is 5.13. The molecule has 1 aliphatic heterocycles. The number of piperidine rings is 1. The second kappa shape index (κ2) is 8.13. The van der Waals surface area contributed by atoms with Crippen molar-refractivity contribution in [3.05, 3.63) is 65.0 Å². The molecule has 5 nitrogen and oxygen atoms in total. The monoisotopic (exact) mass is 351 g/mol. The maximum Gasteiger partial charge on any atom is 0.253 e. The Morgan fingerprint density at radius 2 is 1.88 bits per heavy atom. The Morgan fingerprint density at radius 1 is 1.12 bits per heavy atom. The van der Waals surface area contributed by atoms with Crippen molar-refractivity contribution in [1.29, 1.82) is 0 Å². The van der Waals surface area contributed by atoms with Crippen molar-refractivity contribution in [2.24, 2.45) is 5.92 Å². The lowest BCUT2D eigenvalue weighted by atomic mass is 9.96. The lowest BCUT2D eigenvalue weighted by Crippen LogP contribution is -2.41. The highest BCUT2D eigenvalue weighted by Gasteiger charge is 2.24. The van der Waals surface area contributed by atoms with Gasteiger partial charge in [0.1, 0.15) is 0 Å². The van der Waals surface area contributed by atoms with Gasteiger partial charge in [0.2, 0.25) is 0 Å². The van der Waals surface area contributed by atoms with E-state index in [0.29, 0.717) is 18.0 Å². The number of carbonyl (C=O) groups excluding carboxylic acids is 2. The molecule has 26 heavy (non-hydrogen) atoms. The number of aromatic nitrogens is 1. The Balaban J connectivity index is 1.48. The number of rotatable bonds is 4. The van der Waals surface area contributed by atoms with E-state index in [1.54, 1.807) is 24.5 Å². The normalized spacial score (nSPS) is 14.9. The van der Waals surface area contributed by atoms with Gasteiger partial charge in [0.25, 0.3) is 11.8 Å². The van der Waals surface area contributed by atoms with Crippen LogP contribution in [0.1, 0.15) is 44.7 Å². The van der Waals surface area contributed by atoms with Crippen LogP contribution in [0, 0.1) is 19.8 Å². The summed E-state index contributed by atoms with van der Waals surface area (Å²) in [6.07, 6.45) is 5.03. The summed E-state index contributed by atoms with van der Waals surface area (Å²) in [5.41, 5.74) is 3.68. The van der Waals surface area contributed by atoms with Gasteiger partial charge in [0.15, 0.2) is 0 Å². The fourth-order valence-corrected chi connectivity index (χ4v) is 3.23. The molecule has 2 heterocycles. The Hall–Kier alpha value is -2.69. The lowest BCUT2D eigenvalue weighted by molar-refractivity contribution is 0.0684. The van der Waals surface area contributed by atoms with E-state index in [4.69, 9.17) is 0 Å². The highest BCUT2D eigenvalue weighted by Crippen LogP contribution is 2.20. The predicted octanol–water partition coefficient (Wildman–Crippen LogP) is 2.98. The van der Waals surface area contributed by atoms with Crippen LogP contribution in [0.25, 0.3) is 0 Å². The number of carbonyl (C=O) groups is 2. The Bertz CT molecular complexity index is 781. The van der Waals surface area contributed by atoms with Crippen molar-refractivity contribution in [1.82, 2.24) is 15.2 Å². The first-order valence-corrected chi connectivity index (χ1v) is 9.09. The van der Waals surface area contributed by atoms with Gasteiger partial charge in [0, 0.05) is 37.6 Å². The van der Waals surface area contributed by atoms with Crippen LogP contribution in [0.15, 0.2) is 42.7 Å². The van der Waals surface area contributed by atoms with E-state index in [0.717, 1.165) is 37.1 Å². The van der Waals surface area contributed by atoms with Crippen LogP contribution in [0.3, 0.4) is 0 Å². The van der Waals surface area contributed by atoms with Crippen LogP contribution >= 0.6 is 0 Å². The molecule has 136 valence electrons. The molecule has 0 bridgehead atoms. The van der Waals surface area contributed by atoms with Crippen LogP contribution in [0.4, 0.5) is 0 Å². The molecule has 0 atom stereocenters. The summed E-state index contributed by atoms with van der Waals surface area (Å²) in [6.45, 7) is 6.19. The molecule has 1 fully saturated rings. The molecule has 1 saturated heterocycles. The molecule has 2 amide bonds. The second-order valence-electron chi connectivity index (χ2n) is 6.99. The largest absolute Gasteiger partial charge is 0.352 e. The van der Waals surface area contributed by atoms with Crippen LogP contribution in [-0.4, -0.2) is 41.3 Å². The molecule has 1 aromatic carbocycles. The SMILES string of the molecule is Cc1ccc(C(=O)N2CCC(CNC(=O)c3cccnc3)CC2)cc1C. The number of pyridine rings is 1. The fourth-order valence-electron chi connectivity index (χ4n) is 3.23. The van der Waals surface area contributed by atoms with Gasteiger partial charge in [-0.1, -0.05) is 6.07 Å². The summed E-state index contributed by atoms with van der Waals surface area (Å²) >= 11 is 0. The molecule has 1 aliphatic rings. The molecule has 0 aliphatic carbocycles. The van der Waals surface area contributed by atoms with E-state index in [-0.39, 0.29) is 11.8 Å². The Morgan fingerprint density at radius 3 is 2.54 bits per heavy atom. The average molecular weight is 351 g/mol. The zero-order chi connectivity index (χ0) is 18.5. The summed E-state index contributed by atoms with van der Waals surface area (Å²) in [7, 11) is 0. The third kappa shape index (κ3) is 4.28. The first-order chi connectivity index (χ1) is 12.5. The van der Waals surface area contributed by atoms with E-state index in [2.05, 4.69) is 17.2 Å². The van der Waals surface area contributed by atoms with Crippen LogP contribution < -0.4 is 5.32 Å². The molecule has 2 aromatic rings. The number of nitrogens with one attached hydrogen (secondary N) is 1. The standard InChI is InChI=1S/C21H25N3O2/c1-15-5-6-18(12-16(15)2)21(26)24-10-7-17(8-11-24)13-23-20(25)19-4-3-9-22-14-19/h3-6,9,12,14,17H,7-8,10-11,13H2,1-2H3,(H,23,25). The van der Waals surface area contributed by atoms with Crippen LogP contribution in [0.5, 0.6) is 0 Å². The van der Waals surface area contributed by atoms with Crippen molar-refractivity contribution >= 4 is 11.8 Å². The topological polar surface area (TPSA) is 62.3 Å². The average Bonchev–Trinajstić information content (AvgIpc) is 2.69. The van der Waals surface area contributed by atoms with Gasteiger partial charge < -0.3 is 10.2 Å². The summed E-state index contributed by atoms with van der Waals surface area (Å²) < 4.78 is 0. The minimum atomic E-state index is -0.0910. The molecule has 0 saturated carbocycles. The molecule has 0 unspecified atom stereocenters. The summed E-state index contributed by atoms with van der Waals surface area (Å²) in [6, 6.07) is 9.39. The van der Waals surface area contributed by atoms with Gasteiger partial charge in [0.05, 0.1) is 5.56 Å². The highest BCUT2D eigenvalue weighted by atomic mass is 16.2. The molecule has 3 rings (SSSR count). The minimum Gasteiger partial charge on any atom is -0.352 e. The number of aryl methyl sites for hydroxylation is 2. The quantitative estimate of drug-likeness (QED) is 0.921. The van der Waals surface area contributed by atoms with Crippen LogP contribution in [-0.2, 0) is 0 Å². The third-order valence-corrected chi connectivity index (χ3v) is 5.13. The Kier molecular flexibility index (Phi) is 5.66. The van der Waals surface area contributed by atoms with E-state index in [1.807, 2.05) is 30.0 Å². The number of benzene rings is 1. The van der Waals surface area contributed by atoms with E-state index in [1.165, 1.54) is 5.56 Å². The van der Waals surface area contributed by atoms with Crippen molar-refractivity contribution in [3.8, 4) is 0 Å². The number of likely N-dealkylation sites (tertiary alicyclic amines) is 1. The number of amides is 2. The van der Waals surface area contributed by atoms with Gasteiger partial charge in [-0.25, -0.2) is 0 Å². The second-order valence-corrected chi connectivity index (χ2v) is 6.99. The molecule has 1 N–H and O–H groups in total. The number of nitrogens with zero attached hydrogens (tertiary/aromatic N) is 2. The van der Waals surface area contributed by atoms with Gasteiger partial charge in [-0.05, 0) is 68.0 Å². The fraction of sp³-hybridized carbons (Fsp3) is 0.381. The zero-order valence-corrected chi connectivity index (χ0v) is 15.4. The maximum absolute atomic E-state index is 12.7. The summed E-state index contributed by atoms with van der Waals surface area (Å²) in [4.78, 5) is 30.6. The zero-order valence-electron chi connectivity index (χ0n) is 15.4. The van der Waals surface area contributed by atoms with Crippen molar-refractivity contribution in [3.63, 3.8) is 0 Å². The van der Waals surface area contributed by atoms with E-state index >= 15 is 0 Å². The van der Waals surface area contributed by atoms with Gasteiger partial charge >= 0.3 is 0 Å². The molecule has 0 spiro atoms. The maximum atomic E-state index is 12.7. The van der Waals surface area contributed by atoms with Crippen molar-refractivity contribution in [2.75, 3.05) is 19.6 Å². The first-order valence-electron chi connectivity index (χ1n) is 9.09. The molecule has 1 aromatic heterocycles. The molecular formula is C21H25N3O2. The molecular weight excluding hydrogens is 326 g/mol. The van der Waals surface area contributed by atoms with Crippen LogP contribution in [0.2, 0.25) is 0 Å². The van der Waals surface area contributed by atoms with E-state index < -0.39 is 0 Å². The van der Waals surface area contributed by atoms with Gasteiger partial charge in [-0.15, -0.1) is 0 Å². The Labute approximate surface area is 154 Å². The van der Waals surface area contributed by atoms with Crippen molar-refractivity contribution in [2.45, 2.75) is 26.7 Å². The smallest absolute Gasteiger partial charge is 0.253 e. The van der Waals surface area contributed by atoms with Gasteiger partial charge in [-0.2, -0.15) is 0 Å². The molecule has 5 heteroatoms. The van der Waals surface area contributed by atoms with Crippen molar-refractivity contribution < 1.29 is 9.59 Å². The highest BCUT2D eigenvalue weighted by molar-refractivity contribution is 5.94. The predicted molar refractivity (Wildman–Crippen MR) is 101 cm³/mol.